The SMILES string of the molecule is Oc1ccc(-c2nc(-c3cccc(Br)c3)no2)c(O)c1. The van der Waals surface area contributed by atoms with Crippen LogP contribution in [0.4, 0.5) is 0 Å². The lowest BCUT2D eigenvalue weighted by Crippen LogP contribution is -1.82. The molecule has 2 N–H and O–H groups in total. The monoisotopic (exact) mass is 332 g/mol. The van der Waals surface area contributed by atoms with Gasteiger partial charge in [0.05, 0.1) is 5.56 Å². The van der Waals surface area contributed by atoms with E-state index in [4.69, 9.17) is 4.52 Å². The molecule has 0 radical (unpaired) electrons. The summed E-state index contributed by atoms with van der Waals surface area (Å²) in [7, 11) is 0. The number of aromatic nitrogens is 2. The number of hydrogen-bond acceptors (Lipinski definition) is 5. The number of phenols is 2. The van der Waals surface area contributed by atoms with E-state index < -0.39 is 0 Å². The molecule has 0 atom stereocenters. The number of halogens is 1. The van der Waals surface area contributed by atoms with Crippen molar-refractivity contribution in [2.45, 2.75) is 0 Å². The molecular weight excluding hydrogens is 324 g/mol. The molecule has 1 heterocycles. The lowest BCUT2D eigenvalue weighted by atomic mass is 10.2. The van der Waals surface area contributed by atoms with E-state index in [0.29, 0.717) is 11.4 Å². The highest BCUT2D eigenvalue weighted by atomic mass is 79.9. The number of aromatic hydroxyl groups is 2. The molecule has 6 heteroatoms. The van der Waals surface area contributed by atoms with Crippen LogP contribution in [0, 0.1) is 0 Å². The average Bonchev–Trinajstić information content (AvgIpc) is 2.88. The van der Waals surface area contributed by atoms with Crippen molar-refractivity contribution < 1.29 is 14.7 Å². The van der Waals surface area contributed by atoms with Crippen molar-refractivity contribution in [3.05, 3.63) is 46.9 Å². The molecule has 5 nitrogen and oxygen atoms in total. The van der Waals surface area contributed by atoms with Crippen LogP contribution in [-0.2, 0) is 0 Å². The second kappa shape index (κ2) is 4.97. The van der Waals surface area contributed by atoms with Gasteiger partial charge in [0.25, 0.3) is 5.89 Å². The lowest BCUT2D eigenvalue weighted by molar-refractivity contribution is 0.423. The third-order valence-corrected chi connectivity index (χ3v) is 3.21. The summed E-state index contributed by atoms with van der Waals surface area (Å²) in [6, 6.07) is 11.7. The topological polar surface area (TPSA) is 79.4 Å². The Morgan fingerprint density at radius 3 is 2.65 bits per heavy atom. The number of phenolic OH excluding ortho intramolecular Hbond substituents is 2. The van der Waals surface area contributed by atoms with Gasteiger partial charge < -0.3 is 14.7 Å². The van der Waals surface area contributed by atoms with Crippen molar-refractivity contribution in [1.29, 1.82) is 0 Å². The normalized spacial score (nSPS) is 10.7. The second-order valence-electron chi connectivity index (χ2n) is 4.13. The summed E-state index contributed by atoms with van der Waals surface area (Å²) in [5, 5.41) is 22.9. The van der Waals surface area contributed by atoms with Crippen LogP contribution in [-0.4, -0.2) is 20.4 Å². The maximum absolute atomic E-state index is 9.77. The van der Waals surface area contributed by atoms with E-state index in [-0.39, 0.29) is 17.4 Å². The van der Waals surface area contributed by atoms with Crippen molar-refractivity contribution in [3.8, 4) is 34.3 Å². The molecule has 0 unspecified atom stereocenters. The largest absolute Gasteiger partial charge is 0.508 e. The molecule has 0 spiro atoms. The van der Waals surface area contributed by atoms with Crippen LogP contribution in [0.3, 0.4) is 0 Å². The molecule has 0 amide bonds. The molecule has 0 bridgehead atoms. The summed E-state index contributed by atoms with van der Waals surface area (Å²) in [6.45, 7) is 0. The predicted octanol–water partition coefficient (Wildman–Crippen LogP) is 3.58. The van der Waals surface area contributed by atoms with Crippen LogP contribution in [0.5, 0.6) is 11.5 Å². The van der Waals surface area contributed by atoms with Crippen LogP contribution in [0.25, 0.3) is 22.8 Å². The quantitative estimate of drug-likeness (QED) is 0.749. The van der Waals surface area contributed by atoms with Gasteiger partial charge in [-0.15, -0.1) is 0 Å². The van der Waals surface area contributed by atoms with Crippen molar-refractivity contribution >= 4 is 15.9 Å². The van der Waals surface area contributed by atoms with Gasteiger partial charge in [-0.05, 0) is 24.3 Å². The third-order valence-electron chi connectivity index (χ3n) is 2.72. The molecule has 3 rings (SSSR count). The number of benzene rings is 2. The Bertz CT molecular complexity index is 771. The minimum absolute atomic E-state index is 0.0296. The van der Waals surface area contributed by atoms with Gasteiger partial charge in [0.2, 0.25) is 5.82 Å². The molecule has 0 fully saturated rings. The van der Waals surface area contributed by atoms with Crippen LogP contribution < -0.4 is 0 Å². The predicted molar refractivity (Wildman–Crippen MR) is 76.2 cm³/mol. The second-order valence-corrected chi connectivity index (χ2v) is 5.05. The summed E-state index contributed by atoms with van der Waals surface area (Å²) in [5.41, 5.74) is 1.17. The molecule has 0 saturated carbocycles. The molecule has 0 aliphatic carbocycles. The molecule has 0 aliphatic rings. The van der Waals surface area contributed by atoms with Gasteiger partial charge in [0.15, 0.2) is 0 Å². The fraction of sp³-hybridized carbons (Fsp3) is 0. The van der Waals surface area contributed by atoms with Gasteiger partial charge >= 0.3 is 0 Å². The summed E-state index contributed by atoms with van der Waals surface area (Å²) in [6.07, 6.45) is 0. The van der Waals surface area contributed by atoms with Gasteiger partial charge in [-0.2, -0.15) is 4.98 Å². The van der Waals surface area contributed by atoms with Gasteiger partial charge in [-0.25, -0.2) is 0 Å². The molecule has 3 aromatic rings. The van der Waals surface area contributed by atoms with Gasteiger partial charge in [-0.1, -0.05) is 33.2 Å². The third kappa shape index (κ3) is 2.37. The highest BCUT2D eigenvalue weighted by Gasteiger charge is 2.14. The Kier molecular flexibility index (Phi) is 3.15. The Labute approximate surface area is 122 Å². The molecule has 1 aromatic heterocycles. The standard InChI is InChI=1S/C14H9BrN2O3/c15-9-3-1-2-8(6-9)13-16-14(20-17-13)11-5-4-10(18)7-12(11)19/h1-7,18-19H. The van der Waals surface area contributed by atoms with E-state index in [1.165, 1.54) is 18.2 Å². The summed E-state index contributed by atoms with van der Waals surface area (Å²) in [4.78, 5) is 4.24. The number of nitrogens with zero attached hydrogens (tertiary/aromatic N) is 2. The molecule has 20 heavy (non-hydrogen) atoms. The number of hydrogen-bond donors (Lipinski definition) is 2. The zero-order valence-electron chi connectivity index (χ0n) is 10.1. The Morgan fingerprint density at radius 2 is 1.90 bits per heavy atom. The van der Waals surface area contributed by atoms with Crippen molar-refractivity contribution in [2.75, 3.05) is 0 Å². The van der Waals surface area contributed by atoms with Crippen LogP contribution in [0.15, 0.2) is 51.5 Å². The lowest BCUT2D eigenvalue weighted by Gasteiger charge is -1.99. The van der Waals surface area contributed by atoms with E-state index >= 15 is 0 Å². The Morgan fingerprint density at radius 1 is 1.05 bits per heavy atom. The van der Waals surface area contributed by atoms with Gasteiger partial charge in [0, 0.05) is 16.1 Å². The first-order chi connectivity index (χ1) is 9.63. The summed E-state index contributed by atoms with van der Waals surface area (Å²) < 4.78 is 6.06. The maximum Gasteiger partial charge on any atom is 0.262 e. The smallest absolute Gasteiger partial charge is 0.262 e. The first-order valence-electron chi connectivity index (χ1n) is 5.75. The van der Waals surface area contributed by atoms with Crippen molar-refractivity contribution in [1.82, 2.24) is 10.1 Å². The Hall–Kier alpha value is -2.34. The van der Waals surface area contributed by atoms with E-state index in [1.54, 1.807) is 0 Å². The first-order valence-corrected chi connectivity index (χ1v) is 6.55. The first kappa shape index (κ1) is 12.7. The van der Waals surface area contributed by atoms with Crippen LogP contribution in [0.1, 0.15) is 0 Å². The van der Waals surface area contributed by atoms with E-state index in [1.807, 2.05) is 24.3 Å². The minimum Gasteiger partial charge on any atom is -0.508 e. The van der Waals surface area contributed by atoms with Gasteiger partial charge in [0.1, 0.15) is 11.5 Å². The fourth-order valence-corrected chi connectivity index (χ4v) is 2.18. The minimum atomic E-state index is -0.116. The fourth-order valence-electron chi connectivity index (χ4n) is 1.78. The number of rotatable bonds is 2. The van der Waals surface area contributed by atoms with Crippen LogP contribution in [0.2, 0.25) is 0 Å². The van der Waals surface area contributed by atoms with E-state index in [0.717, 1.165) is 10.0 Å². The summed E-state index contributed by atoms with van der Waals surface area (Å²) >= 11 is 3.38. The zero-order valence-corrected chi connectivity index (χ0v) is 11.7. The maximum atomic E-state index is 9.77. The van der Waals surface area contributed by atoms with E-state index in [9.17, 15) is 10.2 Å². The highest BCUT2D eigenvalue weighted by Crippen LogP contribution is 2.32. The average molecular weight is 333 g/mol. The Balaban J connectivity index is 2.02. The molecule has 2 aromatic carbocycles. The molecular formula is C14H9BrN2O3. The highest BCUT2D eigenvalue weighted by molar-refractivity contribution is 9.10. The summed E-state index contributed by atoms with van der Waals surface area (Å²) in [5.74, 6) is 0.471. The van der Waals surface area contributed by atoms with Crippen molar-refractivity contribution in [2.24, 2.45) is 0 Å². The molecule has 0 aliphatic heterocycles. The van der Waals surface area contributed by atoms with Crippen LogP contribution >= 0.6 is 15.9 Å². The molecule has 100 valence electrons. The van der Waals surface area contributed by atoms with Gasteiger partial charge in [-0.3, -0.25) is 0 Å². The van der Waals surface area contributed by atoms with Crippen molar-refractivity contribution in [3.63, 3.8) is 0 Å². The zero-order chi connectivity index (χ0) is 14.1. The van der Waals surface area contributed by atoms with E-state index in [2.05, 4.69) is 26.1 Å². The molecule has 0 saturated heterocycles.